The highest BCUT2D eigenvalue weighted by Crippen LogP contribution is 2.41. The molecule has 0 heteroatoms. The van der Waals surface area contributed by atoms with Crippen molar-refractivity contribution in [3.05, 3.63) is 146 Å². The van der Waals surface area contributed by atoms with Crippen molar-refractivity contribution in [1.29, 1.82) is 0 Å². The second kappa shape index (κ2) is 14.1. The molecular weight excluding hydrogens is 432 g/mol. The first kappa shape index (κ1) is 27.8. The van der Waals surface area contributed by atoms with Crippen LogP contribution in [0.2, 0.25) is 0 Å². The van der Waals surface area contributed by atoms with E-state index in [9.17, 15) is 0 Å². The Morgan fingerprint density at radius 3 is 1.28 bits per heavy atom. The molecule has 0 bridgehead atoms. The Morgan fingerprint density at radius 1 is 0.389 bits per heavy atom. The molecule has 0 spiro atoms. The first-order valence-corrected chi connectivity index (χ1v) is 12.2. The minimum Gasteiger partial charge on any atom is -0.0984 e. The third kappa shape index (κ3) is 5.79. The maximum Gasteiger partial charge on any atom is -0.00206 e. The van der Waals surface area contributed by atoms with Crippen molar-refractivity contribution < 1.29 is 0 Å². The molecule has 0 aliphatic rings. The maximum atomic E-state index is 4.19. The van der Waals surface area contributed by atoms with E-state index in [1.165, 1.54) is 0 Å². The van der Waals surface area contributed by atoms with Crippen molar-refractivity contribution in [3.8, 4) is 22.3 Å². The Bertz CT molecular complexity index is 1350. The first-order valence-electron chi connectivity index (χ1n) is 12.2. The van der Waals surface area contributed by atoms with Crippen molar-refractivity contribution in [2.45, 2.75) is 13.8 Å². The minimum absolute atomic E-state index is 0.974. The van der Waals surface area contributed by atoms with Gasteiger partial charge in [0.2, 0.25) is 0 Å². The second-order valence-corrected chi connectivity index (χ2v) is 7.60. The molecule has 0 saturated carbocycles. The molecule has 0 aliphatic carbocycles. The van der Waals surface area contributed by atoms with Crippen molar-refractivity contribution in [3.63, 3.8) is 0 Å². The van der Waals surface area contributed by atoms with Gasteiger partial charge in [-0.15, -0.1) is 0 Å². The summed E-state index contributed by atoms with van der Waals surface area (Å²) in [5.41, 5.74) is 10.2. The Kier molecular flexibility index (Phi) is 10.9. The van der Waals surface area contributed by atoms with Crippen LogP contribution in [0.5, 0.6) is 0 Å². The molecule has 3 aromatic carbocycles. The Labute approximate surface area is 218 Å². The van der Waals surface area contributed by atoms with Crippen LogP contribution in [0.15, 0.2) is 112 Å². The van der Waals surface area contributed by atoms with Crippen LogP contribution in [0.1, 0.15) is 47.2 Å². The van der Waals surface area contributed by atoms with E-state index in [1.807, 2.05) is 92.8 Å². The molecule has 0 radical (unpaired) electrons. The molecule has 0 atom stereocenters. The van der Waals surface area contributed by atoms with E-state index < -0.39 is 0 Å². The van der Waals surface area contributed by atoms with Gasteiger partial charge in [0, 0.05) is 0 Å². The van der Waals surface area contributed by atoms with Gasteiger partial charge in [-0.2, -0.15) is 0 Å². The van der Waals surface area contributed by atoms with Crippen molar-refractivity contribution in [1.82, 2.24) is 0 Å². The Balaban J connectivity index is 0.00000222. The molecular formula is C36H36. The minimum atomic E-state index is 0.974. The molecule has 3 aromatic rings. The van der Waals surface area contributed by atoms with Crippen LogP contribution in [-0.4, -0.2) is 0 Å². The summed E-state index contributed by atoms with van der Waals surface area (Å²) in [6.45, 7) is 28.5. The molecule has 36 heavy (non-hydrogen) atoms. The lowest BCUT2D eigenvalue weighted by atomic mass is 9.84. The summed E-state index contributed by atoms with van der Waals surface area (Å²) in [7, 11) is 0. The van der Waals surface area contributed by atoms with Gasteiger partial charge in [-0.25, -0.2) is 0 Å². The summed E-state index contributed by atoms with van der Waals surface area (Å²) in [6.07, 6.45) is 11.3. The predicted octanol–water partition coefficient (Wildman–Crippen LogP) is 11.0. The molecule has 0 aliphatic heterocycles. The Hall–Kier alpha value is -4.42. The third-order valence-electron chi connectivity index (χ3n) is 5.83. The normalized spacial score (nSPS) is 9.50. The van der Waals surface area contributed by atoms with Crippen LogP contribution < -0.4 is 0 Å². The van der Waals surface area contributed by atoms with Crippen LogP contribution in [0.3, 0.4) is 0 Å². The lowest BCUT2D eigenvalue weighted by Crippen LogP contribution is -1.96. The molecule has 0 heterocycles. The number of benzene rings is 2. The lowest BCUT2D eigenvalue weighted by molar-refractivity contribution is 1.50. The van der Waals surface area contributed by atoms with Crippen LogP contribution in [-0.2, 0) is 0 Å². The largest absolute Gasteiger partial charge is 0.0984 e. The molecule has 0 fully saturated rings. The number of rotatable bonds is 8. The van der Waals surface area contributed by atoms with Gasteiger partial charge < -0.3 is 0 Å². The van der Waals surface area contributed by atoms with E-state index in [0.717, 1.165) is 55.6 Å². The summed E-state index contributed by atoms with van der Waals surface area (Å²) in [5.74, 6) is 0. The fourth-order valence-electron chi connectivity index (χ4n) is 4.24. The fourth-order valence-corrected chi connectivity index (χ4v) is 4.24. The molecule has 0 amide bonds. The molecule has 0 saturated heterocycles. The van der Waals surface area contributed by atoms with Gasteiger partial charge in [0.25, 0.3) is 0 Å². The Morgan fingerprint density at radius 2 is 0.778 bits per heavy atom. The number of hydrogen-bond donors (Lipinski definition) is 0. The number of hydrogen-bond acceptors (Lipinski definition) is 0. The highest BCUT2D eigenvalue weighted by atomic mass is 14.2. The second-order valence-electron chi connectivity index (χ2n) is 7.60. The fraction of sp³-hybridized carbons (Fsp3) is 0.0556. The third-order valence-corrected chi connectivity index (χ3v) is 5.83. The van der Waals surface area contributed by atoms with Gasteiger partial charge in [0.1, 0.15) is 0 Å². The quantitative estimate of drug-likeness (QED) is 0.308. The van der Waals surface area contributed by atoms with E-state index >= 15 is 0 Å². The van der Waals surface area contributed by atoms with Crippen LogP contribution >= 0.6 is 0 Å². The molecule has 180 valence electrons. The van der Waals surface area contributed by atoms with Gasteiger partial charge in [-0.3, -0.25) is 0 Å². The van der Waals surface area contributed by atoms with Gasteiger partial charge in [0.05, 0.1) is 0 Å². The van der Waals surface area contributed by atoms with Crippen LogP contribution in [0.25, 0.3) is 58.7 Å². The summed E-state index contributed by atoms with van der Waals surface area (Å²) < 4.78 is 0. The van der Waals surface area contributed by atoms with E-state index in [-0.39, 0.29) is 0 Å². The summed E-state index contributed by atoms with van der Waals surface area (Å²) in [5, 5.41) is 0. The van der Waals surface area contributed by atoms with E-state index in [2.05, 4.69) is 69.8 Å². The summed E-state index contributed by atoms with van der Waals surface area (Å²) in [4.78, 5) is 0. The monoisotopic (exact) mass is 468 g/mol. The summed E-state index contributed by atoms with van der Waals surface area (Å²) in [6, 6.07) is 24.7. The smallest absolute Gasteiger partial charge is 0.00206 e. The molecule has 0 N–H and O–H groups in total. The molecule has 0 nitrogen and oxygen atoms in total. The zero-order valence-corrected chi connectivity index (χ0v) is 21.6. The highest BCUT2D eigenvalue weighted by molar-refractivity contribution is 5.97. The van der Waals surface area contributed by atoms with Crippen LogP contribution in [0.4, 0.5) is 0 Å². The average Bonchev–Trinajstić information content (AvgIpc) is 2.94. The van der Waals surface area contributed by atoms with Crippen molar-refractivity contribution in [2.75, 3.05) is 0 Å². The van der Waals surface area contributed by atoms with E-state index in [0.29, 0.717) is 0 Å². The van der Waals surface area contributed by atoms with Crippen molar-refractivity contribution >= 4 is 36.5 Å². The van der Waals surface area contributed by atoms with Gasteiger partial charge in [-0.1, -0.05) is 163 Å². The van der Waals surface area contributed by atoms with Gasteiger partial charge in [-0.05, 0) is 55.6 Å². The zero-order chi connectivity index (χ0) is 26.5. The zero-order valence-electron chi connectivity index (χ0n) is 21.6. The summed E-state index contributed by atoms with van der Waals surface area (Å²) >= 11 is 0. The lowest BCUT2D eigenvalue weighted by Gasteiger charge is -2.19. The predicted molar refractivity (Wildman–Crippen MR) is 167 cm³/mol. The molecule has 3 rings (SSSR count). The van der Waals surface area contributed by atoms with E-state index in [1.54, 1.807) is 0 Å². The van der Waals surface area contributed by atoms with Gasteiger partial charge >= 0.3 is 0 Å². The average molecular weight is 469 g/mol. The molecule has 0 aromatic heterocycles. The topological polar surface area (TPSA) is 0 Å². The van der Waals surface area contributed by atoms with Crippen LogP contribution in [0, 0.1) is 0 Å². The maximum absolute atomic E-state index is 4.19. The SMILES string of the molecule is C=Cc1cccc(-c2ccccccc(C=C)c(C=C)c2-c2cccc(C=C)c2C=C)c1C=C.CC. The standard InChI is InChI=1S/C34H30.C2H6/c1-7-25-20-17-23-31(28(25)10-4)33-22-16-14-13-15-19-27(9-3)30(12-6)34(33)32-24-18-21-26(8-2)29(32)11-5;1-2/h7-24H,1-6H2;1-2H3. The van der Waals surface area contributed by atoms with E-state index in [4.69, 9.17) is 0 Å². The van der Waals surface area contributed by atoms with Crippen molar-refractivity contribution in [2.24, 2.45) is 0 Å². The highest BCUT2D eigenvalue weighted by Gasteiger charge is 2.17. The van der Waals surface area contributed by atoms with Gasteiger partial charge in [0.15, 0.2) is 0 Å². The molecule has 0 unspecified atom stereocenters. The first-order chi connectivity index (χ1) is 17.6.